The van der Waals surface area contributed by atoms with Crippen LogP contribution < -0.4 is 5.32 Å². The molecule has 1 unspecified atom stereocenters. The average Bonchev–Trinajstić information content (AvgIpc) is 2.54. The van der Waals surface area contributed by atoms with Gasteiger partial charge in [0.05, 0.1) is 0 Å². The van der Waals surface area contributed by atoms with E-state index in [1.165, 1.54) is 0 Å². The Morgan fingerprint density at radius 3 is 2.05 bits per heavy atom. The lowest BCUT2D eigenvalue weighted by atomic mass is 10.2. The van der Waals surface area contributed by atoms with Gasteiger partial charge in [0.2, 0.25) is 0 Å². The molecule has 7 heteroatoms. The monoisotopic (exact) mass is 325 g/mol. The van der Waals surface area contributed by atoms with Gasteiger partial charge in [-0.25, -0.2) is 9.59 Å². The molecular weight excluding hydrogens is 306 g/mol. The lowest BCUT2D eigenvalue weighted by molar-refractivity contribution is -0.134. The van der Waals surface area contributed by atoms with Crippen molar-refractivity contribution >= 4 is 23.1 Å². The molecule has 1 aromatic carbocycles. The molecule has 0 spiro atoms. The summed E-state index contributed by atoms with van der Waals surface area (Å²) < 4.78 is 12.1. The number of benzene rings is 1. The van der Waals surface area contributed by atoms with Crippen molar-refractivity contribution < 1.29 is 24.4 Å². The van der Waals surface area contributed by atoms with Crippen LogP contribution in [0.4, 0.5) is 0 Å². The van der Waals surface area contributed by atoms with Gasteiger partial charge in [-0.1, -0.05) is 18.2 Å². The fourth-order valence-electron chi connectivity index (χ4n) is 1.90. The molecule has 6 nitrogen and oxygen atoms in total. The van der Waals surface area contributed by atoms with E-state index in [0.717, 1.165) is 30.8 Å². The maximum Gasteiger partial charge on any atom is 0.328 e. The van der Waals surface area contributed by atoms with Crippen molar-refractivity contribution in [1.29, 1.82) is 0 Å². The first-order valence-electron chi connectivity index (χ1n) is 6.81. The summed E-state index contributed by atoms with van der Waals surface area (Å²) in [7, 11) is 0. The Labute approximate surface area is 132 Å². The Morgan fingerprint density at radius 1 is 1.09 bits per heavy atom. The van der Waals surface area contributed by atoms with Gasteiger partial charge in [0.15, 0.2) is 4.90 Å². The molecule has 3 N–H and O–H groups in total. The van der Waals surface area contributed by atoms with Gasteiger partial charge >= 0.3 is 11.9 Å². The number of carboxylic acids is 2. The van der Waals surface area contributed by atoms with Gasteiger partial charge in [-0.3, -0.25) is 0 Å². The standard InChI is InChI=1S/C11H15NOS.C4H4O4/c13-14(10-4-2-1-3-5-10)11-6-8-12-9-7-11;5-3(6)1-2-4(7)8/h1-5,11-12H,6-9H2;1-2H,(H,5,6)(H,7,8)/b;2-1-. The third-order valence-electron chi connectivity index (χ3n) is 2.93. The highest BCUT2D eigenvalue weighted by Gasteiger charge is 2.26. The van der Waals surface area contributed by atoms with Crippen molar-refractivity contribution in [3.05, 3.63) is 42.5 Å². The molecule has 1 heterocycles. The summed E-state index contributed by atoms with van der Waals surface area (Å²) in [6, 6.07) is 9.78. The van der Waals surface area contributed by atoms with Crippen molar-refractivity contribution in [2.24, 2.45) is 0 Å². The highest BCUT2D eigenvalue weighted by Crippen LogP contribution is 2.21. The summed E-state index contributed by atoms with van der Waals surface area (Å²) in [6.45, 7) is 2.01. The fraction of sp³-hybridized carbons (Fsp3) is 0.333. The van der Waals surface area contributed by atoms with Gasteiger partial charge in [0.1, 0.15) is 5.25 Å². The van der Waals surface area contributed by atoms with Gasteiger partial charge < -0.3 is 20.1 Å². The fourth-order valence-corrected chi connectivity index (χ4v) is 3.37. The van der Waals surface area contributed by atoms with Gasteiger partial charge in [-0.05, 0) is 36.4 Å². The van der Waals surface area contributed by atoms with Crippen molar-refractivity contribution in [3.63, 3.8) is 0 Å². The molecule has 0 amide bonds. The van der Waals surface area contributed by atoms with E-state index in [-0.39, 0.29) is 0 Å². The summed E-state index contributed by atoms with van der Waals surface area (Å²) in [4.78, 5) is 20.1. The van der Waals surface area contributed by atoms with Gasteiger partial charge in [-0.2, -0.15) is 0 Å². The molecule has 0 aliphatic carbocycles. The number of carboxylic acid groups (broad SMARTS) is 2. The van der Waals surface area contributed by atoms with E-state index in [9.17, 15) is 14.1 Å². The van der Waals surface area contributed by atoms with Crippen LogP contribution >= 0.6 is 0 Å². The van der Waals surface area contributed by atoms with E-state index >= 15 is 0 Å². The first-order valence-corrected chi connectivity index (χ1v) is 8.02. The molecule has 2 rings (SSSR count). The zero-order chi connectivity index (χ0) is 16.4. The van der Waals surface area contributed by atoms with Crippen LogP contribution in [-0.2, 0) is 20.8 Å². The van der Waals surface area contributed by atoms with Crippen LogP contribution in [0.25, 0.3) is 0 Å². The number of hydrogen-bond donors (Lipinski definition) is 3. The minimum absolute atomic E-state index is 0.346. The number of rotatable bonds is 4. The van der Waals surface area contributed by atoms with Crippen molar-refractivity contribution in [3.8, 4) is 0 Å². The number of nitrogens with one attached hydrogen (secondary N) is 1. The molecule has 1 saturated heterocycles. The van der Waals surface area contributed by atoms with Crippen LogP contribution in [0.5, 0.6) is 0 Å². The van der Waals surface area contributed by atoms with Crippen molar-refractivity contribution in [2.45, 2.75) is 23.0 Å². The van der Waals surface area contributed by atoms with Gasteiger partial charge in [0, 0.05) is 25.0 Å². The SMILES string of the molecule is O=C(O)/C=C\C(=O)O.[O-][S+](c1ccccc1)C1CCNCC1. The average molecular weight is 325 g/mol. The predicted octanol–water partition coefficient (Wildman–Crippen LogP) is 1.26. The number of hydrogen-bond acceptors (Lipinski definition) is 4. The Morgan fingerprint density at radius 2 is 1.59 bits per heavy atom. The smallest absolute Gasteiger partial charge is 0.328 e. The molecule has 0 saturated carbocycles. The quantitative estimate of drug-likeness (QED) is 0.568. The third kappa shape index (κ3) is 7.26. The van der Waals surface area contributed by atoms with Crippen LogP contribution in [0.1, 0.15) is 12.8 Å². The molecule has 1 aliphatic heterocycles. The molecule has 1 atom stereocenters. The molecule has 1 fully saturated rings. The topological polar surface area (TPSA) is 110 Å². The predicted molar refractivity (Wildman–Crippen MR) is 83.2 cm³/mol. The highest BCUT2D eigenvalue weighted by molar-refractivity contribution is 7.92. The lowest BCUT2D eigenvalue weighted by Crippen LogP contribution is -2.35. The van der Waals surface area contributed by atoms with E-state index in [2.05, 4.69) is 5.32 Å². The van der Waals surface area contributed by atoms with Crippen LogP contribution in [0.3, 0.4) is 0 Å². The van der Waals surface area contributed by atoms with Crippen LogP contribution in [-0.4, -0.2) is 45.0 Å². The Bertz CT molecular complexity index is 484. The Hall–Kier alpha value is -1.83. The number of carbonyl (C=O) groups is 2. The molecular formula is C15H19NO5S. The largest absolute Gasteiger partial charge is 0.611 e. The second-order valence-corrected chi connectivity index (χ2v) is 6.30. The molecule has 1 aromatic rings. The van der Waals surface area contributed by atoms with Crippen LogP contribution in [0.2, 0.25) is 0 Å². The Balaban J connectivity index is 0.000000261. The zero-order valence-electron chi connectivity index (χ0n) is 12.0. The number of piperidine rings is 1. The Kier molecular flexibility index (Phi) is 8.27. The summed E-state index contributed by atoms with van der Waals surface area (Å²) in [5.74, 6) is -2.51. The number of aliphatic carboxylic acids is 2. The molecule has 120 valence electrons. The molecule has 0 bridgehead atoms. The summed E-state index contributed by atoms with van der Waals surface area (Å²) in [5.41, 5.74) is 0. The second kappa shape index (κ2) is 9.99. The minimum Gasteiger partial charge on any atom is -0.611 e. The van der Waals surface area contributed by atoms with Crippen LogP contribution in [0, 0.1) is 0 Å². The normalized spacial score (nSPS) is 16.6. The first kappa shape index (κ1) is 18.2. The van der Waals surface area contributed by atoms with Gasteiger partial charge in [0.25, 0.3) is 0 Å². The van der Waals surface area contributed by atoms with Crippen molar-refractivity contribution in [1.82, 2.24) is 5.32 Å². The second-order valence-electron chi connectivity index (χ2n) is 4.57. The zero-order valence-corrected chi connectivity index (χ0v) is 12.8. The van der Waals surface area contributed by atoms with E-state index in [4.69, 9.17) is 10.2 Å². The molecule has 22 heavy (non-hydrogen) atoms. The van der Waals surface area contributed by atoms with E-state index in [1.807, 2.05) is 30.3 Å². The maximum atomic E-state index is 12.1. The van der Waals surface area contributed by atoms with Crippen LogP contribution in [0.15, 0.2) is 47.4 Å². The molecule has 0 radical (unpaired) electrons. The lowest BCUT2D eigenvalue weighted by Gasteiger charge is -2.25. The highest BCUT2D eigenvalue weighted by atomic mass is 32.2. The third-order valence-corrected chi connectivity index (χ3v) is 4.75. The van der Waals surface area contributed by atoms with E-state index < -0.39 is 23.1 Å². The summed E-state index contributed by atoms with van der Waals surface area (Å²) >= 11 is -0.810. The van der Waals surface area contributed by atoms with E-state index in [1.54, 1.807) is 0 Å². The summed E-state index contributed by atoms with van der Waals surface area (Å²) in [5, 5.41) is 19.3. The van der Waals surface area contributed by atoms with Crippen molar-refractivity contribution in [2.75, 3.05) is 13.1 Å². The first-order chi connectivity index (χ1) is 10.5. The van der Waals surface area contributed by atoms with Gasteiger partial charge in [-0.15, -0.1) is 0 Å². The maximum absolute atomic E-state index is 12.1. The molecule has 1 aliphatic rings. The molecule has 0 aromatic heterocycles. The summed E-state index contributed by atoms with van der Waals surface area (Å²) in [6.07, 6.45) is 3.17. The minimum atomic E-state index is -1.26. The van der Waals surface area contributed by atoms with E-state index in [0.29, 0.717) is 17.4 Å².